The number of benzene rings is 1. The maximum Gasteiger partial charge on any atom is 0.358 e. The van der Waals surface area contributed by atoms with E-state index in [1.54, 1.807) is 10.9 Å². The summed E-state index contributed by atoms with van der Waals surface area (Å²) < 4.78 is 7.84. The van der Waals surface area contributed by atoms with Gasteiger partial charge in [-0.15, -0.1) is 0 Å². The summed E-state index contributed by atoms with van der Waals surface area (Å²) in [6.45, 7) is 7.45. The van der Waals surface area contributed by atoms with Crippen LogP contribution in [0.1, 0.15) is 43.2 Å². The molecule has 0 fully saturated rings. The number of aromatic carboxylic acids is 1. The van der Waals surface area contributed by atoms with Crippen molar-refractivity contribution >= 4 is 11.7 Å². The summed E-state index contributed by atoms with van der Waals surface area (Å²) in [6.07, 6.45) is 2.41. The van der Waals surface area contributed by atoms with Gasteiger partial charge >= 0.3 is 5.97 Å². The molecule has 6 nitrogen and oxygen atoms in total. The predicted octanol–water partition coefficient (Wildman–Crippen LogP) is 3.37. The first-order chi connectivity index (χ1) is 11.5. The molecule has 2 heterocycles. The molecule has 0 aliphatic carbocycles. The first-order valence-electron chi connectivity index (χ1n) is 8.31. The summed E-state index contributed by atoms with van der Waals surface area (Å²) >= 11 is 0. The minimum Gasteiger partial charge on any atom is -0.476 e. The molecule has 1 aliphatic heterocycles. The molecule has 0 amide bonds. The number of carboxylic acids is 1. The number of nitrogens with zero attached hydrogens (tertiary/aromatic N) is 3. The summed E-state index contributed by atoms with van der Waals surface area (Å²) in [5, 5.41) is 13.7. The largest absolute Gasteiger partial charge is 0.476 e. The van der Waals surface area contributed by atoms with Crippen LogP contribution in [0.5, 0.6) is 5.75 Å². The minimum absolute atomic E-state index is 0.0774. The molecule has 1 aromatic heterocycles. The van der Waals surface area contributed by atoms with Gasteiger partial charge in [0.05, 0.1) is 12.2 Å². The standard InChI is InChI=1S/C18H23N3O3/c1-4-20-11-14(17(19-20)18(22)23)21-10-13-7-5-6-8-15(13)24-16(21)9-12(2)3/h5-8,11-12,16H,4,9-10H2,1-3H3,(H,22,23)/t16-/m0/s1. The number of aromatic nitrogens is 2. The SMILES string of the molecule is CCn1cc(N2Cc3ccccc3O[C@H]2CC(C)C)c(C(=O)O)n1. The molecule has 2 aromatic rings. The Labute approximate surface area is 141 Å². The zero-order chi connectivity index (χ0) is 17.3. The number of para-hydroxylation sites is 1. The second-order valence-electron chi connectivity index (χ2n) is 6.46. The van der Waals surface area contributed by atoms with E-state index < -0.39 is 5.97 Å². The maximum atomic E-state index is 11.6. The van der Waals surface area contributed by atoms with E-state index >= 15 is 0 Å². The fourth-order valence-corrected chi connectivity index (χ4v) is 3.00. The fourth-order valence-electron chi connectivity index (χ4n) is 3.00. The monoisotopic (exact) mass is 329 g/mol. The number of ether oxygens (including phenoxy) is 1. The Balaban J connectivity index is 2.03. The highest BCUT2D eigenvalue weighted by Gasteiger charge is 2.32. The molecule has 1 N–H and O–H groups in total. The molecule has 3 rings (SSSR count). The van der Waals surface area contributed by atoms with Crippen molar-refractivity contribution in [1.29, 1.82) is 0 Å². The molecular weight excluding hydrogens is 306 g/mol. The van der Waals surface area contributed by atoms with Crippen LogP contribution in [0.3, 0.4) is 0 Å². The van der Waals surface area contributed by atoms with Gasteiger partial charge in [-0.05, 0) is 18.9 Å². The summed E-state index contributed by atoms with van der Waals surface area (Å²) in [5.74, 6) is 0.288. The zero-order valence-corrected chi connectivity index (χ0v) is 14.3. The molecule has 0 unspecified atom stereocenters. The number of fused-ring (bicyclic) bond motifs is 1. The fraction of sp³-hybridized carbons (Fsp3) is 0.444. The summed E-state index contributed by atoms with van der Waals surface area (Å²) in [4.78, 5) is 13.6. The van der Waals surface area contributed by atoms with Crippen LogP contribution in [0.4, 0.5) is 5.69 Å². The highest BCUT2D eigenvalue weighted by Crippen LogP contribution is 2.34. The third-order valence-corrected chi connectivity index (χ3v) is 4.18. The van der Waals surface area contributed by atoms with Crippen molar-refractivity contribution < 1.29 is 14.6 Å². The van der Waals surface area contributed by atoms with E-state index in [1.807, 2.05) is 36.1 Å². The van der Waals surface area contributed by atoms with Crippen molar-refractivity contribution in [2.45, 2.75) is 46.5 Å². The second kappa shape index (κ2) is 6.55. The molecule has 0 saturated carbocycles. The highest BCUT2D eigenvalue weighted by molar-refractivity contribution is 5.92. The van der Waals surface area contributed by atoms with Crippen molar-refractivity contribution in [2.75, 3.05) is 4.90 Å². The van der Waals surface area contributed by atoms with E-state index in [1.165, 1.54) is 0 Å². The van der Waals surface area contributed by atoms with Crippen LogP contribution in [-0.2, 0) is 13.1 Å². The van der Waals surface area contributed by atoms with E-state index in [0.717, 1.165) is 17.7 Å². The van der Waals surface area contributed by atoms with Crippen molar-refractivity contribution in [3.63, 3.8) is 0 Å². The normalized spacial score (nSPS) is 16.8. The van der Waals surface area contributed by atoms with Crippen LogP contribution in [0.15, 0.2) is 30.5 Å². The number of hydrogen-bond acceptors (Lipinski definition) is 4. The van der Waals surface area contributed by atoms with Gasteiger partial charge in [0.15, 0.2) is 11.9 Å². The number of rotatable bonds is 5. The lowest BCUT2D eigenvalue weighted by molar-refractivity contribution is 0.0689. The Kier molecular flexibility index (Phi) is 4.46. The topological polar surface area (TPSA) is 67.6 Å². The lowest BCUT2D eigenvalue weighted by atomic mass is 10.0. The molecule has 6 heteroatoms. The third-order valence-electron chi connectivity index (χ3n) is 4.18. The van der Waals surface area contributed by atoms with Crippen LogP contribution in [0.2, 0.25) is 0 Å². The van der Waals surface area contributed by atoms with Crippen LogP contribution in [-0.4, -0.2) is 27.1 Å². The molecular formula is C18H23N3O3. The number of carbonyl (C=O) groups is 1. The zero-order valence-electron chi connectivity index (χ0n) is 14.3. The van der Waals surface area contributed by atoms with Crippen molar-refractivity contribution in [3.8, 4) is 5.75 Å². The van der Waals surface area contributed by atoms with Gasteiger partial charge in [0.2, 0.25) is 0 Å². The second-order valence-corrected chi connectivity index (χ2v) is 6.46. The van der Waals surface area contributed by atoms with Gasteiger partial charge in [0, 0.05) is 24.7 Å². The molecule has 0 saturated heterocycles. The van der Waals surface area contributed by atoms with Crippen molar-refractivity contribution in [2.24, 2.45) is 5.92 Å². The molecule has 1 aliphatic rings. The van der Waals surface area contributed by atoms with Crippen molar-refractivity contribution in [3.05, 3.63) is 41.7 Å². The summed E-state index contributed by atoms with van der Waals surface area (Å²) in [7, 11) is 0. The van der Waals surface area contributed by atoms with Gasteiger partial charge in [-0.3, -0.25) is 4.68 Å². The molecule has 128 valence electrons. The molecule has 24 heavy (non-hydrogen) atoms. The Morgan fingerprint density at radius 3 is 2.83 bits per heavy atom. The molecule has 0 spiro atoms. The molecule has 0 bridgehead atoms. The Hall–Kier alpha value is -2.50. The summed E-state index contributed by atoms with van der Waals surface area (Å²) in [5.41, 5.74) is 1.75. The van der Waals surface area contributed by atoms with E-state index in [-0.39, 0.29) is 11.9 Å². The van der Waals surface area contributed by atoms with Gasteiger partial charge in [-0.1, -0.05) is 32.0 Å². The molecule has 1 atom stereocenters. The highest BCUT2D eigenvalue weighted by atomic mass is 16.5. The number of aryl methyl sites for hydroxylation is 1. The van der Waals surface area contributed by atoms with E-state index in [0.29, 0.717) is 24.7 Å². The summed E-state index contributed by atoms with van der Waals surface area (Å²) in [6, 6.07) is 7.90. The first kappa shape index (κ1) is 16.4. The van der Waals surface area contributed by atoms with Gasteiger partial charge in [-0.25, -0.2) is 4.79 Å². The average Bonchev–Trinajstić information content (AvgIpc) is 2.98. The number of hydrogen-bond donors (Lipinski definition) is 1. The van der Waals surface area contributed by atoms with Gasteiger partial charge < -0.3 is 14.7 Å². The van der Waals surface area contributed by atoms with E-state index in [9.17, 15) is 9.90 Å². The third kappa shape index (κ3) is 3.09. The lowest BCUT2D eigenvalue weighted by Crippen LogP contribution is -2.44. The predicted molar refractivity (Wildman–Crippen MR) is 91.4 cm³/mol. The average molecular weight is 329 g/mol. The van der Waals surface area contributed by atoms with Crippen LogP contribution >= 0.6 is 0 Å². The Morgan fingerprint density at radius 2 is 2.17 bits per heavy atom. The van der Waals surface area contributed by atoms with Gasteiger partial charge in [0.1, 0.15) is 5.75 Å². The van der Waals surface area contributed by atoms with Crippen molar-refractivity contribution in [1.82, 2.24) is 9.78 Å². The minimum atomic E-state index is -1.01. The van der Waals surface area contributed by atoms with Gasteiger partial charge in [0.25, 0.3) is 0 Å². The van der Waals surface area contributed by atoms with E-state index in [4.69, 9.17) is 4.74 Å². The molecule has 0 radical (unpaired) electrons. The van der Waals surface area contributed by atoms with Crippen LogP contribution in [0.25, 0.3) is 0 Å². The maximum absolute atomic E-state index is 11.6. The number of carboxylic acid groups (broad SMARTS) is 1. The lowest BCUT2D eigenvalue weighted by Gasteiger charge is -2.38. The van der Waals surface area contributed by atoms with E-state index in [2.05, 4.69) is 18.9 Å². The Morgan fingerprint density at radius 1 is 1.42 bits per heavy atom. The van der Waals surface area contributed by atoms with Crippen LogP contribution < -0.4 is 9.64 Å². The van der Waals surface area contributed by atoms with Crippen LogP contribution in [0, 0.1) is 5.92 Å². The Bertz CT molecular complexity index is 739. The number of anilines is 1. The quantitative estimate of drug-likeness (QED) is 0.911. The smallest absolute Gasteiger partial charge is 0.358 e. The van der Waals surface area contributed by atoms with Gasteiger partial charge in [-0.2, -0.15) is 5.10 Å². The first-order valence-corrected chi connectivity index (χ1v) is 8.31. The molecule has 1 aromatic carbocycles.